The van der Waals surface area contributed by atoms with Gasteiger partial charge in [0.2, 0.25) is 0 Å². The summed E-state index contributed by atoms with van der Waals surface area (Å²) in [4.78, 5) is 23.1. The van der Waals surface area contributed by atoms with E-state index in [1.165, 1.54) is 43.7 Å². The van der Waals surface area contributed by atoms with Crippen molar-refractivity contribution in [2.75, 3.05) is 26.2 Å². The van der Waals surface area contributed by atoms with Gasteiger partial charge >= 0.3 is 0 Å². The largest absolute Gasteiger partial charge is 0.338 e. The van der Waals surface area contributed by atoms with Crippen LogP contribution in [0.15, 0.2) is 24.3 Å². The van der Waals surface area contributed by atoms with Gasteiger partial charge in [0.1, 0.15) is 9.88 Å². The average Bonchev–Trinajstić information content (AvgIpc) is 3.10. The van der Waals surface area contributed by atoms with Gasteiger partial charge in [0.05, 0.1) is 5.69 Å². The number of halogens is 1. The van der Waals surface area contributed by atoms with Gasteiger partial charge in [-0.1, -0.05) is 30.2 Å². The number of hydrogen-bond acceptors (Lipinski definition) is 4. The van der Waals surface area contributed by atoms with Gasteiger partial charge in [-0.25, -0.2) is 4.98 Å². The summed E-state index contributed by atoms with van der Waals surface area (Å²) in [5, 5.41) is 1.59. The number of aromatic nitrogens is 1. The van der Waals surface area contributed by atoms with E-state index < -0.39 is 0 Å². The molecule has 2 aliphatic heterocycles. The summed E-state index contributed by atoms with van der Waals surface area (Å²) >= 11 is 7.47. The molecule has 4 rings (SSSR count). The van der Waals surface area contributed by atoms with Gasteiger partial charge in [-0.3, -0.25) is 4.79 Å². The molecule has 0 radical (unpaired) electrons. The summed E-state index contributed by atoms with van der Waals surface area (Å²) in [5.74, 6) is 0.141. The minimum Gasteiger partial charge on any atom is -0.338 e. The molecule has 0 atom stereocenters. The summed E-state index contributed by atoms with van der Waals surface area (Å²) in [6.45, 7) is 6.11. The predicted octanol–water partition coefficient (Wildman–Crippen LogP) is 4.86. The van der Waals surface area contributed by atoms with Crippen LogP contribution in [0.2, 0.25) is 5.02 Å². The Labute approximate surface area is 170 Å². The van der Waals surface area contributed by atoms with E-state index >= 15 is 0 Å². The molecule has 2 aliphatic rings. The highest BCUT2D eigenvalue weighted by Gasteiger charge is 2.29. The normalized spacial score (nSPS) is 19.4. The molecule has 2 saturated heterocycles. The van der Waals surface area contributed by atoms with Gasteiger partial charge < -0.3 is 9.80 Å². The maximum Gasteiger partial charge on any atom is 0.265 e. The second kappa shape index (κ2) is 8.29. The summed E-state index contributed by atoms with van der Waals surface area (Å²) in [6, 6.07) is 8.29. The fraction of sp³-hybridized carbons (Fsp3) is 0.524. The number of piperidine rings is 2. The Hall–Kier alpha value is -1.43. The van der Waals surface area contributed by atoms with Crippen molar-refractivity contribution in [3.8, 4) is 10.6 Å². The molecule has 27 heavy (non-hydrogen) atoms. The number of carbonyl (C=O) groups excluding carboxylic acids is 1. The average molecular weight is 404 g/mol. The Kier molecular flexibility index (Phi) is 5.81. The Morgan fingerprint density at radius 2 is 1.74 bits per heavy atom. The molecule has 4 nitrogen and oxygen atoms in total. The third kappa shape index (κ3) is 4.20. The summed E-state index contributed by atoms with van der Waals surface area (Å²) in [7, 11) is 0. The summed E-state index contributed by atoms with van der Waals surface area (Å²) in [5.41, 5.74) is 1.84. The smallest absolute Gasteiger partial charge is 0.265 e. The van der Waals surface area contributed by atoms with Crippen LogP contribution in [0.4, 0.5) is 0 Å². The van der Waals surface area contributed by atoms with E-state index in [1.54, 1.807) is 0 Å². The van der Waals surface area contributed by atoms with Crippen LogP contribution in [0, 0.1) is 6.92 Å². The Balaban J connectivity index is 1.42. The van der Waals surface area contributed by atoms with Gasteiger partial charge in [0.25, 0.3) is 5.91 Å². The summed E-state index contributed by atoms with van der Waals surface area (Å²) < 4.78 is 0. The van der Waals surface area contributed by atoms with E-state index in [0.29, 0.717) is 11.1 Å². The third-order valence-corrected chi connectivity index (χ3v) is 7.19. The summed E-state index contributed by atoms with van der Waals surface area (Å²) in [6.07, 6.45) is 6.20. The van der Waals surface area contributed by atoms with Crippen molar-refractivity contribution in [3.63, 3.8) is 0 Å². The SMILES string of the molecule is Cc1nc(-c2ccc(Cl)cc2)sc1C(=O)N1CCC(N2CCCCC2)CC1. The van der Waals surface area contributed by atoms with Gasteiger partial charge in [0, 0.05) is 29.7 Å². The zero-order chi connectivity index (χ0) is 18.8. The number of thiazole rings is 1. The topological polar surface area (TPSA) is 36.4 Å². The second-order valence-electron chi connectivity index (χ2n) is 7.56. The molecule has 0 spiro atoms. The van der Waals surface area contributed by atoms with Crippen molar-refractivity contribution in [2.45, 2.75) is 45.1 Å². The fourth-order valence-electron chi connectivity index (χ4n) is 4.17. The minimum atomic E-state index is 0.141. The lowest BCUT2D eigenvalue weighted by molar-refractivity contribution is 0.0593. The standard InChI is InChI=1S/C21H26ClN3OS/c1-15-19(27-20(23-15)16-5-7-17(22)8-6-16)21(26)25-13-9-18(10-14-25)24-11-3-2-4-12-24/h5-8,18H,2-4,9-14H2,1H3. The zero-order valence-corrected chi connectivity index (χ0v) is 17.4. The van der Waals surface area contributed by atoms with Crippen molar-refractivity contribution in [3.05, 3.63) is 39.9 Å². The maximum absolute atomic E-state index is 13.1. The van der Waals surface area contributed by atoms with Crippen molar-refractivity contribution in [1.29, 1.82) is 0 Å². The minimum absolute atomic E-state index is 0.141. The van der Waals surface area contributed by atoms with Crippen LogP contribution in [0.1, 0.15) is 47.5 Å². The second-order valence-corrected chi connectivity index (χ2v) is 9.00. The highest BCUT2D eigenvalue weighted by molar-refractivity contribution is 7.17. The van der Waals surface area contributed by atoms with Crippen LogP contribution >= 0.6 is 22.9 Å². The Bertz CT molecular complexity index is 790. The molecular weight excluding hydrogens is 378 g/mol. The quantitative estimate of drug-likeness (QED) is 0.734. The van der Waals surface area contributed by atoms with E-state index in [1.807, 2.05) is 36.1 Å². The van der Waals surface area contributed by atoms with E-state index in [4.69, 9.17) is 11.6 Å². The molecule has 2 aromatic rings. The number of nitrogens with zero attached hydrogens (tertiary/aromatic N) is 3. The van der Waals surface area contributed by atoms with E-state index in [2.05, 4.69) is 9.88 Å². The van der Waals surface area contributed by atoms with Gasteiger partial charge in [-0.05, 0) is 57.8 Å². The number of rotatable bonds is 3. The zero-order valence-electron chi connectivity index (χ0n) is 15.8. The molecule has 0 aliphatic carbocycles. The molecule has 1 aromatic heterocycles. The number of carbonyl (C=O) groups is 1. The lowest BCUT2D eigenvalue weighted by Crippen LogP contribution is -2.48. The molecule has 3 heterocycles. The van der Waals surface area contributed by atoms with Crippen molar-refractivity contribution < 1.29 is 4.79 Å². The predicted molar refractivity (Wildman–Crippen MR) is 112 cm³/mol. The van der Waals surface area contributed by atoms with Crippen LogP contribution in [0.5, 0.6) is 0 Å². The molecule has 0 bridgehead atoms. The van der Waals surface area contributed by atoms with Crippen LogP contribution < -0.4 is 0 Å². The van der Waals surface area contributed by atoms with Gasteiger partial charge in [-0.2, -0.15) is 0 Å². The molecule has 1 aromatic carbocycles. The molecule has 0 saturated carbocycles. The van der Waals surface area contributed by atoms with Gasteiger partial charge in [-0.15, -0.1) is 11.3 Å². The molecule has 1 amide bonds. The maximum atomic E-state index is 13.1. The fourth-order valence-corrected chi connectivity index (χ4v) is 5.34. The first kappa shape index (κ1) is 18.9. The first-order valence-corrected chi connectivity index (χ1v) is 11.1. The number of benzene rings is 1. The first-order valence-electron chi connectivity index (χ1n) is 9.88. The van der Waals surface area contributed by atoms with Crippen LogP contribution in [0.3, 0.4) is 0 Å². The number of likely N-dealkylation sites (tertiary alicyclic amines) is 2. The number of hydrogen-bond donors (Lipinski definition) is 0. The lowest BCUT2D eigenvalue weighted by Gasteiger charge is -2.40. The highest BCUT2D eigenvalue weighted by Crippen LogP contribution is 2.30. The monoisotopic (exact) mass is 403 g/mol. The number of amides is 1. The van der Waals surface area contributed by atoms with Crippen molar-refractivity contribution in [1.82, 2.24) is 14.8 Å². The molecule has 144 valence electrons. The lowest BCUT2D eigenvalue weighted by atomic mass is 10.00. The Morgan fingerprint density at radius 3 is 2.41 bits per heavy atom. The van der Waals surface area contributed by atoms with E-state index in [-0.39, 0.29) is 5.91 Å². The van der Waals surface area contributed by atoms with E-state index in [0.717, 1.165) is 47.1 Å². The number of aryl methyl sites for hydroxylation is 1. The molecule has 0 N–H and O–H groups in total. The molecular formula is C21H26ClN3OS. The van der Waals surface area contributed by atoms with Gasteiger partial charge in [0.15, 0.2) is 0 Å². The van der Waals surface area contributed by atoms with Crippen molar-refractivity contribution >= 4 is 28.8 Å². The van der Waals surface area contributed by atoms with Crippen molar-refractivity contribution in [2.24, 2.45) is 0 Å². The highest BCUT2D eigenvalue weighted by atomic mass is 35.5. The van der Waals surface area contributed by atoms with Crippen LogP contribution in [0.25, 0.3) is 10.6 Å². The molecule has 0 unspecified atom stereocenters. The third-order valence-electron chi connectivity index (χ3n) is 5.74. The first-order chi connectivity index (χ1) is 13.1. The van der Waals surface area contributed by atoms with Crippen LogP contribution in [-0.2, 0) is 0 Å². The van der Waals surface area contributed by atoms with E-state index in [9.17, 15) is 4.79 Å². The van der Waals surface area contributed by atoms with Crippen LogP contribution in [-0.4, -0.2) is 52.9 Å². The Morgan fingerprint density at radius 1 is 1.07 bits per heavy atom. The molecule has 2 fully saturated rings. The molecule has 6 heteroatoms.